The molecule has 8 heteroatoms. The van der Waals surface area contributed by atoms with Crippen LogP contribution in [0.4, 0.5) is 9.59 Å². The molecule has 0 unspecified atom stereocenters. The minimum atomic E-state index is -1.16. The van der Waals surface area contributed by atoms with Gasteiger partial charge < -0.3 is 25.0 Å². The second-order valence-electron chi connectivity index (χ2n) is 13.1. The largest absolute Gasteiger partial charge is 0.508 e. The first-order valence-electron chi connectivity index (χ1n) is 14.1. The fourth-order valence-electron chi connectivity index (χ4n) is 4.75. The summed E-state index contributed by atoms with van der Waals surface area (Å²) in [7, 11) is 0. The summed E-state index contributed by atoms with van der Waals surface area (Å²) in [6.07, 6.45) is -0.673. The van der Waals surface area contributed by atoms with Crippen LogP contribution in [0.3, 0.4) is 0 Å². The number of phenols is 1. The highest BCUT2D eigenvalue weighted by molar-refractivity contribution is 5.71. The molecule has 0 radical (unpaired) electrons. The Morgan fingerprint density at radius 3 is 2.15 bits per heavy atom. The number of carbonyl (C=O) groups excluding carboxylic acids is 2. The van der Waals surface area contributed by atoms with Gasteiger partial charge in [0, 0.05) is 0 Å². The molecule has 0 bridgehead atoms. The normalized spacial score (nSPS) is 16.1. The van der Waals surface area contributed by atoms with E-state index in [1.165, 1.54) is 5.56 Å². The van der Waals surface area contributed by atoms with Crippen LogP contribution in [0, 0.1) is 0 Å². The number of nitrogens with zero attached hydrogens (tertiary/aromatic N) is 1. The maximum Gasteiger partial charge on any atom is 0.411 e. The first-order chi connectivity index (χ1) is 18.5. The number of amides is 2. The Labute approximate surface area is 238 Å². The smallest absolute Gasteiger partial charge is 0.411 e. The lowest BCUT2D eigenvalue weighted by atomic mass is 9.94. The molecule has 1 aliphatic carbocycles. The van der Waals surface area contributed by atoms with Gasteiger partial charge >= 0.3 is 12.2 Å². The van der Waals surface area contributed by atoms with E-state index in [9.17, 15) is 19.8 Å². The van der Waals surface area contributed by atoms with Crippen LogP contribution in [0.15, 0.2) is 48.5 Å². The van der Waals surface area contributed by atoms with Gasteiger partial charge in [0.15, 0.2) is 0 Å². The Balaban J connectivity index is 1.95. The number of ether oxygens (including phenoxy) is 2. The maximum atomic E-state index is 13.7. The number of aliphatic hydroxyl groups excluding tert-OH is 1. The molecule has 8 nitrogen and oxygen atoms in total. The van der Waals surface area contributed by atoms with Gasteiger partial charge in [0.1, 0.15) is 17.0 Å². The average Bonchev–Trinajstić information content (AvgIpc) is 3.61. The summed E-state index contributed by atoms with van der Waals surface area (Å²) in [6.45, 7) is 14.9. The molecule has 0 aromatic heterocycles. The van der Waals surface area contributed by atoms with E-state index in [1.807, 2.05) is 39.0 Å². The van der Waals surface area contributed by atoms with Crippen LogP contribution < -0.4 is 5.32 Å². The van der Waals surface area contributed by atoms with Gasteiger partial charge in [0.05, 0.1) is 24.2 Å². The topological polar surface area (TPSA) is 108 Å². The standard InChI is InChI=1S/C32H46N2O6/c1-21(2)23-12-10-13-24(19-23)32(15-16-32)34(29(38)40-31(6,7)8)20-27(36)26(33-28(37)39-30(3,4)5)18-22-11-9-14-25(35)17-22/h9-14,17,19,21,26-27,35-36H,15-16,18,20H2,1-8H3,(H,33,37)/t26-,27+/m0/s1. The Bertz CT molecular complexity index is 1180. The molecule has 220 valence electrons. The monoisotopic (exact) mass is 554 g/mol. The Morgan fingerprint density at radius 1 is 0.975 bits per heavy atom. The van der Waals surface area contributed by atoms with E-state index < -0.39 is 41.1 Å². The number of hydrogen-bond acceptors (Lipinski definition) is 6. The predicted molar refractivity (Wildman–Crippen MR) is 155 cm³/mol. The van der Waals surface area contributed by atoms with Crippen molar-refractivity contribution in [3.05, 3.63) is 65.2 Å². The Kier molecular flexibility index (Phi) is 9.45. The number of rotatable bonds is 9. The fourth-order valence-corrected chi connectivity index (χ4v) is 4.75. The molecule has 0 spiro atoms. The zero-order valence-corrected chi connectivity index (χ0v) is 25.2. The van der Waals surface area contributed by atoms with Crippen molar-refractivity contribution < 1.29 is 29.3 Å². The molecular weight excluding hydrogens is 508 g/mol. The third-order valence-corrected chi connectivity index (χ3v) is 6.85. The maximum absolute atomic E-state index is 13.7. The van der Waals surface area contributed by atoms with Crippen molar-refractivity contribution in [2.75, 3.05) is 6.54 Å². The summed E-state index contributed by atoms with van der Waals surface area (Å²) in [6, 6.07) is 14.1. The quantitative estimate of drug-likeness (QED) is 0.339. The van der Waals surface area contributed by atoms with Crippen molar-refractivity contribution >= 4 is 12.2 Å². The molecule has 0 aliphatic heterocycles. The van der Waals surface area contributed by atoms with Crippen molar-refractivity contribution in [3.8, 4) is 5.75 Å². The molecular formula is C32H46N2O6. The second-order valence-corrected chi connectivity index (χ2v) is 13.1. The number of nitrogens with one attached hydrogen (secondary N) is 1. The van der Waals surface area contributed by atoms with E-state index in [1.54, 1.807) is 43.9 Å². The fraction of sp³-hybridized carbons (Fsp3) is 0.562. The van der Waals surface area contributed by atoms with Gasteiger partial charge in [-0.2, -0.15) is 0 Å². The third kappa shape index (κ3) is 8.62. The van der Waals surface area contributed by atoms with Crippen LogP contribution in [0.2, 0.25) is 0 Å². The number of carbonyl (C=O) groups is 2. The van der Waals surface area contributed by atoms with Crippen LogP contribution >= 0.6 is 0 Å². The SMILES string of the molecule is CC(C)c1cccc(C2(N(C[C@@H](O)[C@H](Cc3cccc(O)c3)NC(=O)OC(C)(C)C)C(=O)OC(C)(C)C)CC2)c1. The highest BCUT2D eigenvalue weighted by Gasteiger charge is 2.53. The minimum absolute atomic E-state index is 0.0693. The molecule has 3 N–H and O–H groups in total. The number of aromatic hydroxyl groups is 1. The number of benzene rings is 2. The Morgan fingerprint density at radius 2 is 1.60 bits per heavy atom. The molecule has 1 aliphatic rings. The van der Waals surface area contributed by atoms with Gasteiger partial charge in [-0.05, 0) is 95.5 Å². The average molecular weight is 555 g/mol. The summed E-state index contributed by atoms with van der Waals surface area (Å²) in [5.74, 6) is 0.404. The highest BCUT2D eigenvalue weighted by Crippen LogP contribution is 2.52. The van der Waals surface area contributed by atoms with Crippen molar-refractivity contribution in [1.82, 2.24) is 10.2 Å². The molecule has 1 fully saturated rings. The van der Waals surface area contributed by atoms with E-state index in [2.05, 4.69) is 31.3 Å². The second kappa shape index (κ2) is 12.1. The minimum Gasteiger partial charge on any atom is -0.508 e. The molecule has 2 amide bonds. The number of alkyl carbamates (subject to hydrolysis) is 1. The summed E-state index contributed by atoms with van der Waals surface area (Å²) in [5, 5.41) is 24.4. The Hall–Kier alpha value is -3.26. The molecule has 0 heterocycles. The van der Waals surface area contributed by atoms with Crippen LogP contribution in [0.5, 0.6) is 5.75 Å². The third-order valence-electron chi connectivity index (χ3n) is 6.85. The summed E-state index contributed by atoms with van der Waals surface area (Å²) in [4.78, 5) is 28.0. The lowest BCUT2D eigenvalue weighted by Gasteiger charge is -2.37. The molecule has 2 atom stereocenters. The zero-order chi connectivity index (χ0) is 29.9. The first-order valence-corrected chi connectivity index (χ1v) is 14.1. The van der Waals surface area contributed by atoms with Crippen molar-refractivity contribution in [3.63, 3.8) is 0 Å². The van der Waals surface area contributed by atoms with Crippen LogP contribution in [0.25, 0.3) is 0 Å². The van der Waals surface area contributed by atoms with Crippen LogP contribution in [0.1, 0.15) is 90.8 Å². The van der Waals surface area contributed by atoms with Gasteiger partial charge in [-0.3, -0.25) is 4.90 Å². The zero-order valence-electron chi connectivity index (χ0n) is 25.2. The lowest BCUT2D eigenvalue weighted by molar-refractivity contribution is -0.00669. The van der Waals surface area contributed by atoms with Crippen molar-refractivity contribution in [1.29, 1.82) is 0 Å². The van der Waals surface area contributed by atoms with E-state index >= 15 is 0 Å². The van der Waals surface area contributed by atoms with E-state index in [4.69, 9.17) is 9.47 Å². The predicted octanol–water partition coefficient (Wildman–Crippen LogP) is 6.24. The highest BCUT2D eigenvalue weighted by atomic mass is 16.6. The van der Waals surface area contributed by atoms with Crippen molar-refractivity contribution in [2.45, 2.75) is 109 Å². The molecule has 2 aromatic carbocycles. The molecule has 1 saturated carbocycles. The number of phenolic OH excluding ortho intramolecular Hbond substituents is 1. The van der Waals surface area contributed by atoms with Gasteiger partial charge in [-0.25, -0.2) is 9.59 Å². The van der Waals surface area contributed by atoms with E-state index in [-0.39, 0.29) is 18.7 Å². The van der Waals surface area contributed by atoms with Crippen LogP contribution in [-0.4, -0.2) is 57.2 Å². The van der Waals surface area contributed by atoms with Gasteiger partial charge in [-0.1, -0.05) is 50.2 Å². The van der Waals surface area contributed by atoms with Crippen LogP contribution in [-0.2, 0) is 21.4 Å². The number of aliphatic hydroxyl groups is 1. The molecule has 0 saturated heterocycles. The summed E-state index contributed by atoms with van der Waals surface area (Å²) < 4.78 is 11.3. The first kappa shape index (κ1) is 31.3. The molecule has 2 aromatic rings. The van der Waals surface area contributed by atoms with Gasteiger partial charge in [0.2, 0.25) is 0 Å². The van der Waals surface area contributed by atoms with Gasteiger partial charge in [0.25, 0.3) is 0 Å². The van der Waals surface area contributed by atoms with Gasteiger partial charge in [-0.15, -0.1) is 0 Å². The van der Waals surface area contributed by atoms with Crippen molar-refractivity contribution in [2.24, 2.45) is 0 Å². The summed E-state index contributed by atoms with van der Waals surface area (Å²) >= 11 is 0. The molecule has 3 rings (SSSR count). The van der Waals surface area contributed by atoms with E-state index in [0.717, 1.165) is 24.0 Å². The van der Waals surface area contributed by atoms with E-state index in [0.29, 0.717) is 5.92 Å². The lowest BCUT2D eigenvalue weighted by Crippen LogP contribution is -2.54. The number of hydrogen-bond donors (Lipinski definition) is 3. The molecule has 40 heavy (non-hydrogen) atoms. The summed E-state index contributed by atoms with van der Waals surface area (Å²) in [5.41, 5.74) is 0.812.